The maximum atomic E-state index is 11.8. The SMILES string of the molecule is COC(=O)C(C(=O)OC)C(C)C.COC(=O)C(C/C=C/Cl)(C(=O)OC)C(C)C.COC(=O)C(C/C=C/Cl)C(C)C.COC(=O)CC(=O)OC.COC(=O)[C@@H](C/C=C/Cl)C(C)C. The van der Waals surface area contributed by atoms with Gasteiger partial charge in [0.1, 0.15) is 6.42 Å². The molecule has 0 spiro atoms. The summed E-state index contributed by atoms with van der Waals surface area (Å²) < 4.78 is 35.9. The second kappa shape index (κ2) is 40.0. The van der Waals surface area contributed by atoms with Gasteiger partial charge in [-0.2, -0.15) is 0 Å². The first-order valence-corrected chi connectivity index (χ1v) is 20.2. The molecule has 0 fully saturated rings. The summed E-state index contributed by atoms with van der Waals surface area (Å²) in [6.45, 7) is 15.0. The van der Waals surface area contributed by atoms with Crippen molar-refractivity contribution >= 4 is 82.6 Å². The van der Waals surface area contributed by atoms with Crippen LogP contribution in [-0.4, -0.2) is 105 Å². The van der Waals surface area contributed by atoms with E-state index in [2.05, 4.69) is 37.9 Å². The lowest BCUT2D eigenvalue weighted by atomic mass is 9.74. The molecule has 0 saturated carbocycles. The van der Waals surface area contributed by atoms with E-state index in [4.69, 9.17) is 34.8 Å². The number of carbonyl (C=O) groups is 8. The average molecular weight is 936 g/mol. The molecule has 0 amide bonds. The van der Waals surface area contributed by atoms with Crippen LogP contribution in [0.3, 0.4) is 0 Å². The maximum Gasteiger partial charge on any atom is 0.323 e. The maximum absolute atomic E-state index is 11.8. The van der Waals surface area contributed by atoms with Crippen LogP contribution < -0.4 is 0 Å². The standard InChI is InChI=1S/C11H17ClO4.2C9H15ClO2.C8H14O4.C5H8O4/c1-8(2)11(6-5-7-12,9(13)15-3)10(14)16-4;2*1-7(2)8(5-4-6-10)9(11)12-3;1-5(2)6(7(9)11-3)8(10)12-4;1-8-4(6)3-5(7)9-2/h5,7-8H,6H2,1-4H3;2*4,6-8H,5H2,1-3H3;5-6H,1-4H3;3H2,1-2H3/b7-5+;2*6-4+;;/t;8-;;;/m.0.../s1. The van der Waals surface area contributed by atoms with Gasteiger partial charge in [0.2, 0.25) is 0 Å². The largest absolute Gasteiger partial charge is 0.469 e. The Morgan fingerprint density at radius 1 is 0.443 bits per heavy atom. The first-order valence-electron chi connectivity index (χ1n) is 18.9. The fraction of sp³-hybridized carbons (Fsp3) is 0.667. The Hall–Kier alpha value is -4.15. The van der Waals surface area contributed by atoms with Crippen LogP contribution in [0.4, 0.5) is 0 Å². The third-order valence-electron chi connectivity index (χ3n) is 8.51. The van der Waals surface area contributed by atoms with Gasteiger partial charge in [-0.15, -0.1) is 0 Å². The molecular formula is C42H69Cl3O16. The summed E-state index contributed by atoms with van der Waals surface area (Å²) in [6, 6.07) is 0. The lowest BCUT2D eigenvalue weighted by Gasteiger charge is -2.30. The minimum absolute atomic E-state index is 0.0787. The van der Waals surface area contributed by atoms with Crippen molar-refractivity contribution < 1.29 is 76.3 Å². The number of esters is 8. The van der Waals surface area contributed by atoms with E-state index >= 15 is 0 Å². The van der Waals surface area contributed by atoms with E-state index < -0.39 is 47.1 Å². The van der Waals surface area contributed by atoms with Crippen LogP contribution in [0, 0.1) is 46.8 Å². The van der Waals surface area contributed by atoms with Crippen molar-refractivity contribution in [1.29, 1.82) is 0 Å². The van der Waals surface area contributed by atoms with Crippen molar-refractivity contribution in [3.8, 4) is 0 Å². The molecule has 0 aromatic heterocycles. The Labute approximate surface area is 377 Å². The molecule has 354 valence electrons. The molecule has 0 aliphatic carbocycles. The van der Waals surface area contributed by atoms with E-state index in [-0.39, 0.29) is 60.3 Å². The van der Waals surface area contributed by atoms with Crippen molar-refractivity contribution in [2.75, 3.05) is 56.9 Å². The molecule has 2 atom stereocenters. The fourth-order valence-electron chi connectivity index (χ4n) is 4.69. The molecule has 0 aromatic rings. The minimum Gasteiger partial charge on any atom is -0.469 e. The number of rotatable bonds is 18. The Kier molecular flexibility index (Phi) is 43.2. The summed E-state index contributed by atoms with van der Waals surface area (Å²) in [5, 5.41) is 0. The highest BCUT2D eigenvalue weighted by Crippen LogP contribution is 2.35. The van der Waals surface area contributed by atoms with Crippen LogP contribution in [0.5, 0.6) is 0 Å². The minimum atomic E-state index is -1.32. The van der Waals surface area contributed by atoms with Gasteiger partial charge in [-0.1, -0.05) is 108 Å². The molecule has 19 heteroatoms. The third-order valence-corrected chi connectivity index (χ3v) is 9.04. The zero-order valence-electron chi connectivity index (χ0n) is 38.5. The summed E-state index contributed by atoms with van der Waals surface area (Å²) in [4.78, 5) is 88.5. The van der Waals surface area contributed by atoms with Crippen LogP contribution in [0.1, 0.15) is 81.1 Å². The first-order chi connectivity index (χ1) is 28.5. The van der Waals surface area contributed by atoms with Crippen LogP contribution in [0.25, 0.3) is 0 Å². The van der Waals surface area contributed by atoms with Gasteiger partial charge < -0.3 is 37.9 Å². The number of ether oxygens (including phenoxy) is 8. The van der Waals surface area contributed by atoms with E-state index in [1.807, 2.05) is 27.7 Å². The molecule has 1 unspecified atom stereocenters. The van der Waals surface area contributed by atoms with Gasteiger partial charge in [0.05, 0.1) is 68.7 Å². The predicted octanol–water partition coefficient (Wildman–Crippen LogP) is 7.59. The monoisotopic (exact) mass is 934 g/mol. The Balaban J connectivity index is -0.000000217. The quantitative estimate of drug-likeness (QED) is 0.0736. The van der Waals surface area contributed by atoms with Crippen molar-refractivity contribution in [2.45, 2.75) is 81.1 Å². The lowest BCUT2D eigenvalue weighted by Crippen LogP contribution is -2.45. The third kappa shape index (κ3) is 28.9. The zero-order chi connectivity index (χ0) is 48.9. The van der Waals surface area contributed by atoms with Crippen molar-refractivity contribution in [3.05, 3.63) is 34.8 Å². The molecule has 16 nitrogen and oxygen atoms in total. The molecule has 61 heavy (non-hydrogen) atoms. The average Bonchev–Trinajstić information content (AvgIpc) is 3.23. The van der Waals surface area contributed by atoms with Gasteiger partial charge in [-0.05, 0) is 42.9 Å². The summed E-state index contributed by atoms with van der Waals surface area (Å²) in [5.41, 5.74) is 2.80. The second-order valence-corrected chi connectivity index (χ2v) is 14.5. The van der Waals surface area contributed by atoms with Crippen LogP contribution in [0.15, 0.2) is 34.8 Å². The van der Waals surface area contributed by atoms with E-state index in [1.165, 1.54) is 79.6 Å². The van der Waals surface area contributed by atoms with E-state index in [0.717, 1.165) is 0 Å². The van der Waals surface area contributed by atoms with E-state index in [9.17, 15) is 38.4 Å². The Morgan fingerprint density at radius 3 is 0.951 bits per heavy atom. The van der Waals surface area contributed by atoms with Gasteiger partial charge in [-0.3, -0.25) is 38.4 Å². The highest BCUT2D eigenvalue weighted by molar-refractivity contribution is 6.25. The molecule has 0 aromatic carbocycles. The molecule has 0 aliphatic heterocycles. The topological polar surface area (TPSA) is 210 Å². The van der Waals surface area contributed by atoms with Crippen molar-refractivity contribution in [1.82, 2.24) is 0 Å². The van der Waals surface area contributed by atoms with Crippen LogP contribution in [0.2, 0.25) is 0 Å². The highest BCUT2D eigenvalue weighted by Gasteiger charge is 2.50. The summed E-state index contributed by atoms with van der Waals surface area (Å²) in [6.07, 6.45) is 6.21. The number of hydrogen-bond donors (Lipinski definition) is 0. The first kappa shape index (κ1) is 66.0. The predicted molar refractivity (Wildman–Crippen MR) is 232 cm³/mol. The highest BCUT2D eigenvalue weighted by atomic mass is 35.5. The van der Waals surface area contributed by atoms with Gasteiger partial charge in [0.25, 0.3) is 0 Å². The summed E-state index contributed by atoms with van der Waals surface area (Å²) in [7, 11) is 10.2. The van der Waals surface area contributed by atoms with Crippen LogP contribution >= 0.6 is 34.8 Å². The van der Waals surface area contributed by atoms with E-state index in [1.54, 1.807) is 39.8 Å². The number of allylic oxidation sites excluding steroid dienone is 3. The number of carbonyl (C=O) groups excluding carboxylic acids is 8. The number of methoxy groups -OCH3 is 8. The molecular weight excluding hydrogens is 867 g/mol. The molecule has 0 saturated heterocycles. The van der Waals surface area contributed by atoms with Gasteiger partial charge >= 0.3 is 47.8 Å². The van der Waals surface area contributed by atoms with Gasteiger partial charge in [-0.25, -0.2) is 0 Å². The molecule has 0 bridgehead atoms. The van der Waals surface area contributed by atoms with Gasteiger partial charge in [0, 0.05) is 16.6 Å². The molecule has 0 N–H and O–H groups in total. The summed E-state index contributed by atoms with van der Waals surface area (Å²) >= 11 is 16.2. The van der Waals surface area contributed by atoms with Crippen molar-refractivity contribution in [2.24, 2.45) is 46.8 Å². The van der Waals surface area contributed by atoms with Gasteiger partial charge in [0.15, 0.2) is 11.3 Å². The fourth-order valence-corrected chi connectivity index (χ4v) is 4.98. The zero-order valence-corrected chi connectivity index (χ0v) is 40.8. The number of hydrogen-bond acceptors (Lipinski definition) is 16. The second-order valence-electron chi connectivity index (χ2n) is 13.7. The number of halogens is 3. The normalized spacial score (nSPS) is 11.7. The Morgan fingerprint density at radius 2 is 0.754 bits per heavy atom. The van der Waals surface area contributed by atoms with Crippen molar-refractivity contribution in [3.63, 3.8) is 0 Å². The molecule has 0 rings (SSSR count). The molecule has 0 radical (unpaired) electrons. The molecule has 0 aliphatic rings. The smallest absolute Gasteiger partial charge is 0.323 e. The lowest BCUT2D eigenvalue weighted by molar-refractivity contribution is -0.173. The molecule has 0 heterocycles. The summed E-state index contributed by atoms with van der Waals surface area (Å²) in [5.74, 6) is -4.55. The Bertz CT molecular complexity index is 1290. The van der Waals surface area contributed by atoms with Crippen LogP contribution in [-0.2, 0) is 76.3 Å². The van der Waals surface area contributed by atoms with E-state index in [0.29, 0.717) is 12.8 Å².